The molecular weight excluding hydrogens is 437 g/mol. The third-order valence-electron chi connectivity index (χ3n) is 7.29. The van der Waals surface area contributed by atoms with Crippen molar-refractivity contribution in [2.45, 2.75) is 44.1 Å². The molecule has 0 unspecified atom stereocenters. The van der Waals surface area contributed by atoms with E-state index in [0.29, 0.717) is 31.8 Å². The van der Waals surface area contributed by atoms with Crippen molar-refractivity contribution < 1.29 is 23.8 Å². The highest BCUT2D eigenvalue weighted by Crippen LogP contribution is 2.45. The lowest BCUT2D eigenvalue weighted by atomic mass is 9.86. The number of carboxylic acid groups (broad SMARTS) is 1. The van der Waals surface area contributed by atoms with Crippen LogP contribution >= 0.6 is 0 Å². The maximum Gasteiger partial charge on any atom is 0.332 e. The molecule has 34 heavy (non-hydrogen) atoms. The minimum atomic E-state index is -0.927. The first kappa shape index (κ1) is 21.3. The van der Waals surface area contributed by atoms with Gasteiger partial charge in [-0.2, -0.15) is 5.10 Å². The molecule has 2 atom stereocenters. The lowest BCUT2D eigenvalue weighted by Crippen LogP contribution is -2.20. The smallest absolute Gasteiger partial charge is 0.332 e. The van der Waals surface area contributed by atoms with Crippen molar-refractivity contribution >= 4 is 27.8 Å². The van der Waals surface area contributed by atoms with E-state index in [1.807, 2.05) is 12.1 Å². The normalized spacial score (nSPS) is 21.6. The Labute approximate surface area is 195 Å². The summed E-state index contributed by atoms with van der Waals surface area (Å²) in [5.41, 5.74) is 5.70. The number of nitrogens with zero attached hydrogens (tertiary/aromatic N) is 2. The van der Waals surface area contributed by atoms with Crippen molar-refractivity contribution in [1.29, 1.82) is 0 Å². The number of ether oxygens (including phenoxy) is 2. The number of carboxylic acids is 1. The predicted octanol–water partition coefficient (Wildman–Crippen LogP) is 4.81. The van der Waals surface area contributed by atoms with E-state index in [2.05, 4.69) is 26.9 Å². The molecule has 176 valence electrons. The first-order valence-electron chi connectivity index (χ1n) is 11.7. The van der Waals surface area contributed by atoms with Gasteiger partial charge in [-0.1, -0.05) is 0 Å². The SMILES string of the molecule is Cc1cc(-n2c(C3CCOCC3)c([C@@H]3CO[C@@H](C(=O)O)C3)c3cc4[nH]ncc4cc32)ccc1F. The molecule has 0 saturated carbocycles. The third-order valence-corrected chi connectivity index (χ3v) is 7.29. The summed E-state index contributed by atoms with van der Waals surface area (Å²) in [6.45, 7) is 3.49. The minimum absolute atomic E-state index is 0.0513. The topological polar surface area (TPSA) is 89.4 Å². The van der Waals surface area contributed by atoms with Crippen LogP contribution in [0.2, 0.25) is 0 Å². The zero-order valence-corrected chi connectivity index (χ0v) is 18.9. The monoisotopic (exact) mass is 463 g/mol. The summed E-state index contributed by atoms with van der Waals surface area (Å²) >= 11 is 0. The van der Waals surface area contributed by atoms with Gasteiger partial charge >= 0.3 is 5.97 Å². The van der Waals surface area contributed by atoms with Crippen LogP contribution in [0, 0.1) is 12.7 Å². The zero-order chi connectivity index (χ0) is 23.4. The van der Waals surface area contributed by atoms with Crippen LogP contribution in [-0.4, -0.2) is 51.8 Å². The number of fused-ring (bicyclic) bond motifs is 2. The maximum atomic E-state index is 14.2. The second kappa shape index (κ2) is 8.21. The second-order valence-electron chi connectivity index (χ2n) is 9.37. The van der Waals surface area contributed by atoms with Gasteiger partial charge in [0.2, 0.25) is 0 Å². The highest BCUT2D eigenvalue weighted by atomic mass is 19.1. The standard InChI is InChI=1S/C26H26FN3O4/c1-14-8-18(2-3-20(14)27)30-22-9-16-12-28-29-21(16)11-19(22)24(17-10-23(26(31)32)34-13-17)25(30)15-4-6-33-7-5-15/h2-3,8-9,11-12,15,17,23H,4-7,10,13H2,1H3,(H,28,29)(H,31,32)/t17-,23+/m0/s1. The molecular formula is C26H26FN3O4. The van der Waals surface area contributed by atoms with Crippen LogP contribution in [0.15, 0.2) is 36.5 Å². The largest absolute Gasteiger partial charge is 0.479 e. The second-order valence-corrected chi connectivity index (χ2v) is 9.37. The Hall–Kier alpha value is -3.23. The van der Waals surface area contributed by atoms with Gasteiger partial charge in [0, 0.05) is 47.2 Å². The number of hydrogen-bond donors (Lipinski definition) is 2. The van der Waals surface area contributed by atoms with Gasteiger partial charge in [0.05, 0.1) is 23.8 Å². The lowest BCUT2D eigenvalue weighted by Gasteiger charge is -2.27. The number of H-pyrrole nitrogens is 1. The molecule has 2 aliphatic heterocycles. The van der Waals surface area contributed by atoms with E-state index in [1.165, 1.54) is 6.07 Å². The highest BCUT2D eigenvalue weighted by Gasteiger charge is 2.37. The van der Waals surface area contributed by atoms with Gasteiger partial charge in [0.15, 0.2) is 6.10 Å². The molecule has 2 saturated heterocycles. The summed E-state index contributed by atoms with van der Waals surface area (Å²) in [5.74, 6) is -0.978. The summed E-state index contributed by atoms with van der Waals surface area (Å²) < 4.78 is 27.8. The van der Waals surface area contributed by atoms with Crippen molar-refractivity contribution in [3.63, 3.8) is 0 Å². The van der Waals surface area contributed by atoms with Gasteiger partial charge in [0.1, 0.15) is 5.82 Å². The number of aromatic nitrogens is 3. The van der Waals surface area contributed by atoms with E-state index in [0.717, 1.165) is 51.6 Å². The van der Waals surface area contributed by atoms with E-state index < -0.39 is 12.1 Å². The first-order valence-corrected chi connectivity index (χ1v) is 11.7. The van der Waals surface area contributed by atoms with Crippen LogP contribution < -0.4 is 0 Å². The molecule has 0 radical (unpaired) electrons. The predicted molar refractivity (Wildman–Crippen MR) is 125 cm³/mol. The molecule has 0 bridgehead atoms. The van der Waals surface area contributed by atoms with E-state index in [9.17, 15) is 14.3 Å². The number of rotatable bonds is 4. The fourth-order valence-electron chi connectivity index (χ4n) is 5.62. The molecule has 2 aromatic heterocycles. The third kappa shape index (κ3) is 3.40. The Kier molecular flexibility index (Phi) is 5.15. The molecule has 2 fully saturated rings. The molecule has 2 aliphatic rings. The summed E-state index contributed by atoms with van der Waals surface area (Å²) in [7, 11) is 0. The molecule has 8 heteroatoms. The Balaban J connectivity index is 1.66. The van der Waals surface area contributed by atoms with Crippen LogP contribution in [0.5, 0.6) is 0 Å². The van der Waals surface area contributed by atoms with Crippen LogP contribution in [0.4, 0.5) is 4.39 Å². The van der Waals surface area contributed by atoms with Crippen LogP contribution in [0.3, 0.4) is 0 Å². The fourth-order valence-corrected chi connectivity index (χ4v) is 5.62. The maximum absolute atomic E-state index is 14.2. The van der Waals surface area contributed by atoms with E-state index in [1.54, 1.807) is 13.1 Å². The lowest BCUT2D eigenvalue weighted by molar-refractivity contribution is -0.147. The van der Waals surface area contributed by atoms with E-state index in [-0.39, 0.29) is 17.7 Å². The fraction of sp³-hybridized carbons (Fsp3) is 0.385. The summed E-state index contributed by atoms with van der Waals surface area (Å²) in [4.78, 5) is 11.7. The molecule has 7 nitrogen and oxygen atoms in total. The number of benzene rings is 2. The minimum Gasteiger partial charge on any atom is -0.479 e. The van der Waals surface area contributed by atoms with Crippen molar-refractivity contribution in [2.75, 3.05) is 19.8 Å². The molecule has 6 rings (SSSR count). The summed E-state index contributed by atoms with van der Waals surface area (Å²) in [6, 6.07) is 9.44. The molecule has 2 aromatic carbocycles. The van der Waals surface area contributed by atoms with Gasteiger partial charge in [0.25, 0.3) is 0 Å². The number of aryl methyl sites for hydroxylation is 1. The van der Waals surface area contributed by atoms with Crippen molar-refractivity contribution in [2.24, 2.45) is 0 Å². The Morgan fingerprint density at radius 1 is 1.21 bits per heavy atom. The van der Waals surface area contributed by atoms with Crippen molar-refractivity contribution in [3.05, 3.63) is 59.2 Å². The molecule has 0 aliphatic carbocycles. The number of aromatic amines is 1. The van der Waals surface area contributed by atoms with Crippen molar-refractivity contribution in [1.82, 2.24) is 14.8 Å². The van der Waals surface area contributed by atoms with Gasteiger partial charge < -0.3 is 19.1 Å². The zero-order valence-electron chi connectivity index (χ0n) is 18.9. The van der Waals surface area contributed by atoms with Gasteiger partial charge in [-0.25, -0.2) is 9.18 Å². The number of halogens is 1. The van der Waals surface area contributed by atoms with Gasteiger partial charge in [-0.05, 0) is 67.6 Å². The van der Waals surface area contributed by atoms with E-state index >= 15 is 0 Å². The Bertz CT molecular complexity index is 1400. The van der Waals surface area contributed by atoms with Gasteiger partial charge in [-0.15, -0.1) is 0 Å². The molecule has 4 heterocycles. The highest BCUT2D eigenvalue weighted by molar-refractivity contribution is 5.99. The Morgan fingerprint density at radius 3 is 2.76 bits per heavy atom. The van der Waals surface area contributed by atoms with E-state index in [4.69, 9.17) is 9.47 Å². The molecule has 0 amide bonds. The average Bonchev–Trinajstić information content (AvgIpc) is 3.56. The quantitative estimate of drug-likeness (QED) is 0.454. The molecule has 2 N–H and O–H groups in total. The van der Waals surface area contributed by atoms with Gasteiger partial charge in [-0.3, -0.25) is 5.10 Å². The summed E-state index contributed by atoms with van der Waals surface area (Å²) in [5, 5.41) is 18.9. The average molecular weight is 464 g/mol. The summed E-state index contributed by atoms with van der Waals surface area (Å²) in [6.07, 6.45) is 3.16. The Morgan fingerprint density at radius 2 is 2.03 bits per heavy atom. The number of carbonyl (C=O) groups is 1. The number of nitrogens with one attached hydrogen (secondary N) is 1. The van der Waals surface area contributed by atoms with Crippen LogP contribution in [0.1, 0.15) is 47.9 Å². The van der Waals surface area contributed by atoms with Crippen LogP contribution in [-0.2, 0) is 14.3 Å². The van der Waals surface area contributed by atoms with Crippen LogP contribution in [0.25, 0.3) is 27.5 Å². The molecule has 0 spiro atoms. The number of aliphatic carboxylic acids is 1. The number of hydrogen-bond acceptors (Lipinski definition) is 4. The first-order chi connectivity index (χ1) is 16.5. The van der Waals surface area contributed by atoms with Crippen molar-refractivity contribution in [3.8, 4) is 5.69 Å². The molecule has 4 aromatic rings.